The molecule has 3 heteroatoms. The molecule has 86 valence electrons. The molecule has 0 fully saturated rings. The van der Waals surface area contributed by atoms with Crippen LogP contribution in [0.15, 0.2) is 23.0 Å². The van der Waals surface area contributed by atoms with Gasteiger partial charge < -0.3 is 0 Å². The minimum Gasteiger partial charge on any atom is -0.268 e. The van der Waals surface area contributed by atoms with E-state index in [2.05, 4.69) is 33.8 Å². The zero-order valence-electron chi connectivity index (χ0n) is 10.2. The van der Waals surface area contributed by atoms with E-state index in [9.17, 15) is 4.79 Å². The fourth-order valence-corrected chi connectivity index (χ4v) is 3.08. The van der Waals surface area contributed by atoms with Gasteiger partial charge >= 0.3 is 0 Å². The van der Waals surface area contributed by atoms with Crippen molar-refractivity contribution in [1.82, 2.24) is 3.96 Å². The Balaban J connectivity index is 2.61. The summed E-state index contributed by atoms with van der Waals surface area (Å²) in [7, 11) is 0. The summed E-state index contributed by atoms with van der Waals surface area (Å²) in [6.07, 6.45) is 0. The van der Waals surface area contributed by atoms with Crippen molar-refractivity contribution in [3.63, 3.8) is 0 Å². The Kier molecular flexibility index (Phi) is 2.66. The topological polar surface area (TPSA) is 22.0 Å². The molecule has 2 aromatic rings. The third-order valence-electron chi connectivity index (χ3n) is 2.49. The maximum atomic E-state index is 12.1. The van der Waals surface area contributed by atoms with Crippen LogP contribution in [0.25, 0.3) is 10.1 Å². The lowest BCUT2D eigenvalue weighted by atomic mass is 9.97. The molecule has 0 saturated carbocycles. The number of aryl methyl sites for hydroxylation is 1. The van der Waals surface area contributed by atoms with Crippen molar-refractivity contribution in [2.24, 2.45) is 5.41 Å². The van der Waals surface area contributed by atoms with Gasteiger partial charge in [0.2, 0.25) is 0 Å². The summed E-state index contributed by atoms with van der Waals surface area (Å²) in [6, 6.07) is 5.92. The largest absolute Gasteiger partial charge is 0.268 e. The molecule has 0 atom stereocenters. The van der Waals surface area contributed by atoms with E-state index < -0.39 is 0 Å². The molecule has 0 aliphatic rings. The molecule has 1 heterocycles. The summed E-state index contributed by atoms with van der Waals surface area (Å²) in [6.45, 7) is 9.29. The SMILES string of the molecule is Cc1cccc2c(=O)n(CC(C)(C)C)sc12. The van der Waals surface area contributed by atoms with Crippen LogP contribution in [0.2, 0.25) is 0 Å². The summed E-state index contributed by atoms with van der Waals surface area (Å²) in [5, 5.41) is 0.856. The normalized spacial score (nSPS) is 12.2. The van der Waals surface area contributed by atoms with Gasteiger partial charge in [-0.15, -0.1) is 0 Å². The van der Waals surface area contributed by atoms with Gasteiger partial charge in [-0.1, -0.05) is 44.4 Å². The number of fused-ring (bicyclic) bond motifs is 1. The highest BCUT2D eigenvalue weighted by Gasteiger charge is 2.15. The Hall–Kier alpha value is -1.09. The maximum absolute atomic E-state index is 12.1. The summed E-state index contributed by atoms with van der Waals surface area (Å²) in [5.74, 6) is 0. The third-order valence-corrected chi connectivity index (χ3v) is 3.73. The van der Waals surface area contributed by atoms with Gasteiger partial charge in [-0.05, 0) is 24.0 Å². The van der Waals surface area contributed by atoms with E-state index in [0.717, 1.165) is 16.6 Å². The molecule has 0 aliphatic carbocycles. The monoisotopic (exact) mass is 235 g/mol. The van der Waals surface area contributed by atoms with Gasteiger partial charge in [0, 0.05) is 6.54 Å². The van der Waals surface area contributed by atoms with Crippen LogP contribution in [-0.4, -0.2) is 3.96 Å². The van der Waals surface area contributed by atoms with Gasteiger partial charge in [-0.3, -0.25) is 8.75 Å². The van der Waals surface area contributed by atoms with Crippen LogP contribution < -0.4 is 5.56 Å². The lowest BCUT2D eigenvalue weighted by molar-refractivity contribution is 0.353. The summed E-state index contributed by atoms with van der Waals surface area (Å²) >= 11 is 1.58. The third kappa shape index (κ3) is 2.05. The second-order valence-corrected chi connectivity index (χ2v) is 6.48. The van der Waals surface area contributed by atoms with E-state index in [1.807, 2.05) is 16.1 Å². The highest BCUT2D eigenvalue weighted by molar-refractivity contribution is 7.14. The molecule has 0 amide bonds. The van der Waals surface area contributed by atoms with Crippen LogP contribution in [0.4, 0.5) is 0 Å². The fraction of sp³-hybridized carbons (Fsp3) is 0.462. The zero-order chi connectivity index (χ0) is 11.9. The van der Waals surface area contributed by atoms with Crippen molar-refractivity contribution in [3.8, 4) is 0 Å². The lowest BCUT2D eigenvalue weighted by Gasteiger charge is -2.17. The molecule has 0 aliphatic heterocycles. The number of hydrogen-bond donors (Lipinski definition) is 0. The first kappa shape index (κ1) is 11.4. The second kappa shape index (κ2) is 3.74. The van der Waals surface area contributed by atoms with Gasteiger partial charge in [-0.2, -0.15) is 0 Å². The Morgan fingerprint density at radius 2 is 2.00 bits per heavy atom. The molecule has 1 aromatic carbocycles. The molecular formula is C13H17NOS. The van der Waals surface area contributed by atoms with Crippen molar-refractivity contribution in [3.05, 3.63) is 34.1 Å². The zero-order valence-corrected chi connectivity index (χ0v) is 11.0. The van der Waals surface area contributed by atoms with Gasteiger partial charge in [0.05, 0.1) is 10.1 Å². The molecule has 0 radical (unpaired) electrons. The van der Waals surface area contributed by atoms with E-state index in [1.54, 1.807) is 11.5 Å². The van der Waals surface area contributed by atoms with Crippen LogP contribution in [0.5, 0.6) is 0 Å². The van der Waals surface area contributed by atoms with Crippen LogP contribution >= 0.6 is 11.5 Å². The van der Waals surface area contributed by atoms with E-state index in [0.29, 0.717) is 0 Å². The minimum absolute atomic E-state index is 0.138. The van der Waals surface area contributed by atoms with E-state index >= 15 is 0 Å². The van der Waals surface area contributed by atoms with Crippen molar-refractivity contribution in [2.75, 3.05) is 0 Å². The average molecular weight is 235 g/mol. The van der Waals surface area contributed by atoms with E-state index in [-0.39, 0.29) is 11.0 Å². The summed E-state index contributed by atoms with van der Waals surface area (Å²) in [4.78, 5) is 12.1. The van der Waals surface area contributed by atoms with Crippen molar-refractivity contribution in [1.29, 1.82) is 0 Å². The lowest BCUT2D eigenvalue weighted by Crippen LogP contribution is -2.22. The molecule has 0 unspecified atom stereocenters. The van der Waals surface area contributed by atoms with Gasteiger partial charge in [0.1, 0.15) is 0 Å². The highest BCUT2D eigenvalue weighted by Crippen LogP contribution is 2.24. The van der Waals surface area contributed by atoms with Gasteiger partial charge in [-0.25, -0.2) is 0 Å². The molecule has 16 heavy (non-hydrogen) atoms. The smallest absolute Gasteiger partial charge is 0.268 e. The van der Waals surface area contributed by atoms with Gasteiger partial charge in [0.25, 0.3) is 5.56 Å². The average Bonchev–Trinajstić information content (AvgIpc) is 2.44. The molecule has 2 nitrogen and oxygen atoms in total. The van der Waals surface area contributed by atoms with E-state index in [1.165, 1.54) is 5.56 Å². The quantitative estimate of drug-likeness (QED) is 0.742. The molecule has 1 aromatic heterocycles. The molecule has 2 rings (SSSR count). The fourth-order valence-electron chi connectivity index (χ4n) is 1.76. The Bertz CT molecular complexity index is 572. The Labute approximate surface area is 99.7 Å². The highest BCUT2D eigenvalue weighted by atomic mass is 32.1. The van der Waals surface area contributed by atoms with Crippen molar-refractivity contribution < 1.29 is 0 Å². The Morgan fingerprint density at radius 1 is 1.31 bits per heavy atom. The van der Waals surface area contributed by atoms with E-state index in [4.69, 9.17) is 0 Å². The Morgan fingerprint density at radius 3 is 2.56 bits per heavy atom. The molecule has 0 saturated heterocycles. The first-order chi connectivity index (χ1) is 7.38. The first-order valence-corrected chi connectivity index (χ1v) is 6.25. The van der Waals surface area contributed by atoms with Crippen LogP contribution in [-0.2, 0) is 6.54 Å². The predicted molar refractivity (Wildman–Crippen MR) is 70.3 cm³/mol. The van der Waals surface area contributed by atoms with Crippen LogP contribution in [0, 0.1) is 12.3 Å². The predicted octanol–water partition coefficient (Wildman–Crippen LogP) is 3.42. The van der Waals surface area contributed by atoms with Crippen LogP contribution in [0.3, 0.4) is 0 Å². The summed E-state index contributed by atoms with van der Waals surface area (Å²) in [5.41, 5.74) is 1.48. The number of nitrogens with zero attached hydrogens (tertiary/aromatic N) is 1. The first-order valence-electron chi connectivity index (χ1n) is 5.48. The van der Waals surface area contributed by atoms with Gasteiger partial charge in [0.15, 0.2) is 0 Å². The minimum atomic E-state index is 0.138. The standard InChI is InChI=1S/C13H17NOS/c1-9-6-5-7-10-11(9)16-14(12(10)15)8-13(2,3)4/h5-7H,8H2,1-4H3. The molecule has 0 N–H and O–H groups in total. The molecular weight excluding hydrogens is 218 g/mol. The summed E-state index contributed by atoms with van der Waals surface area (Å²) < 4.78 is 2.99. The number of rotatable bonds is 1. The molecule has 0 bridgehead atoms. The number of benzene rings is 1. The van der Waals surface area contributed by atoms with Crippen molar-refractivity contribution >= 4 is 21.6 Å². The number of aromatic nitrogens is 1. The van der Waals surface area contributed by atoms with Crippen molar-refractivity contribution in [2.45, 2.75) is 34.2 Å². The van der Waals surface area contributed by atoms with Crippen LogP contribution in [0.1, 0.15) is 26.3 Å². The molecule has 0 spiro atoms. The maximum Gasteiger partial charge on any atom is 0.268 e. The number of hydrogen-bond acceptors (Lipinski definition) is 2. The second-order valence-electron chi connectivity index (χ2n) is 5.45.